The minimum absolute atomic E-state index is 0.0804. The lowest BCUT2D eigenvalue weighted by Crippen LogP contribution is -2.24. The molecule has 0 spiro atoms. The quantitative estimate of drug-likeness (QED) is 0.823. The number of carboxylic acids is 1. The van der Waals surface area contributed by atoms with Crippen molar-refractivity contribution in [3.05, 3.63) is 35.4 Å². The predicted molar refractivity (Wildman–Crippen MR) is 61.3 cm³/mol. The molecule has 0 aliphatic rings. The van der Waals surface area contributed by atoms with E-state index in [-0.39, 0.29) is 5.41 Å². The molecule has 0 bridgehead atoms. The van der Waals surface area contributed by atoms with Crippen LogP contribution in [0, 0.1) is 5.92 Å². The van der Waals surface area contributed by atoms with Gasteiger partial charge in [0.25, 0.3) is 0 Å². The molecule has 0 aliphatic heterocycles. The highest BCUT2D eigenvalue weighted by molar-refractivity contribution is 5.87. The van der Waals surface area contributed by atoms with Gasteiger partial charge in [0.15, 0.2) is 0 Å². The van der Waals surface area contributed by atoms with Crippen molar-refractivity contribution in [1.82, 2.24) is 0 Å². The van der Waals surface area contributed by atoms with E-state index in [1.807, 2.05) is 12.1 Å². The Morgan fingerprint density at radius 3 is 2.00 bits per heavy atom. The molecule has 2 heteroatoms. The first kappa shape index (κ1) is 11.8. The van der Waals surface area contributed by atoms with Gasteiger partial charge in [-0.3, -0.25) is 0 Å². The Bertz CT molecular complexity index is 347. The van der Waals surface area contributed by atoms with Crippen LogP contribution in [0.2, 0.25) is 0 Å². The maximum absolute atomic E-state index is 10.7. The second-order valence-corrected chi connectivity index (χ2v) is 4.76. The van der Waals surface area contributed by atoms with E-state index >= 15 is 0 Å². The molecule has 1 aromatic rings. The molecule has 0 aliphatic carbocycles. The second kappa shape index (κ2) is 4.05. The van der Waals surface area contributed by atoms with Gasteiger partial charge in [0, 0.05) is 0 Å². The maximum Gasteiger partial charge on any atom is 0.335 e. The largest absolute Gasteiger partial charge is 0.478 e. The van der Waals surface area contributed by atoms with Crippen LogP contribution in [0.4, 0.5) is 0 Å². The van der Waals surface area contributed by atoms with Gasteiger partial charge in [0.1, 0.15) is 0 Å². The summed E-state index contributed by atoms with van der Waals surface area (Å²) in [6, 6.07) is 7.15. The summed E-state index contributed by atoms with van der Waals surface area (Å²) >= 11 is 0. The number of rotatable bonds is 3. The minimum atomic E-state index is -0.871. The van der Waals surface area contributed by atoms with Gasteiger partial charge < -0.3 is 5.11 Å². The van der Waals surface area contributed by atoms with E-state index in [0.717, 1.165) is 0 Å². The second-order valence-electron chi connectivity index (χ2n) is 4.76. The first-order valence-electron chi connectivity index (χ1n) is 5.19. The van der Waals surface area contributed by atoms with Crippen molar-refractivity contribution in [2.45, 2.75) is 33.1 Å². The van der Waals surface area contributed by atoms with Crippen molar-refractivity contribution in [2.75, 3.05) is 0 Å². The Hall–Kier alpha value is -1.31. The van der Waals surface area contributed by atoms with Gasteiger partial charge >= 0.3 is 5.97 Å². The topological polar surface area (TPSA) is 37.3 Å². The van der Waals surface area contributed by atoms with Crippen molar-refractivity contribution < 1.29 is 9.90 Å². The Labute approximate surface area is 90.9 Å². The summed E-state index contributed by atoms with van der Waals surface area (Å²) in [5, 5.41) is 8.79. The molecule has 15 heavy (non-hydrogen) atoms. The molecule has 0 atom stereocenters. The normalized spacial score (nSPS) is 11.8. The lowest BCUT2D eigenvalue weighted by molar-refractivity contribution is 0.0697. The van der Waals surface area contributed by atoms with Crippen molar-refractivity contribution >= 4 is 5.97 Å². The third kappa shape index (κ3) is 2.38. The van der Waals surface area contributed by atoms with Gasteiger partial charge in [-0.1, -0.05) is 39.8 Å². The molecule has 1 aromatic carbocycles. The van der Waals surface area contributed by atoms with Gasteiger partial charge in [-0.05, 0) is 29.0 Å². The van der Waals surface area contributed by atoms with E-state index in [1.54, 1.807) is 12.1 Å². The Morgan fingerprint density at radius 2 is 1.67 bits per heavy atom. The smallest absolute Gasteiger partial charge is 0.335 e. The molecule has 0 heterocycles. The molecule has 0 saturated heterocycles. The zero-order chi connectivity index (χ0) is 11.6. The van der Waals surface area contributed by atoms with Crippen LogP contribution in [0.5, 0.6) is 0 Å². The molecular weight excluding hydrogens is 188 g/mol. The Kier molecular flexibility index (Phi) is 3.18. The molecule has 0 aromatic heterocycles. The molecular formula is C13H18O2. The lowest BCUT2D eigenvalue weighted by Gasteiger charge is -2.29. The highest BCUT2D eigenvalue weighted by Gasteiger charge is 2.24. The first-order chi connectivity index (χ1) is 6.85. The SMILES string of the molecule is CC(C)C(C)(C)c1ccc(C(=O)O)cc1. The molecule has 0 amide bonds. The van der Waals surface area contributed by atoms with Crippen LogP contribution in [-0.2, 0) is 5.41 Å². The Balaban J connectivity index is 3.04. The minimum Gasteiger partial charge on any atom is -0.478 e. The van der Waals surface area contributed by atoms with Crippen molar-refractivity contribution in [2.24, 2.45) is 5.92 Å². The van der Waals surface area contributed by atoms with Crippen molar-refractivity contribution in [1.29, 1.82) is 0 Å². The standard InChI is InChI=1S/C13H18O2/c1-9(2)13(3,4)11-7-5-10(6-8-11)12(14)15/h5-9H,1-4H3,(H,14,15). The molecule has 0 radical (unpaired) electrons. The van der Waals surface area contributed by atoms with Crippen LogP contribution >= 0.6 is 0 Å². The lowest BCUT2D eigenvalue weighted by atomic mass is 9.75. The highest BCUT2D eigenvalue weighted by Crippen LogP contribution is 2.31. The fraction of sp³-hybridized carbons (Fsp3) is 0.462. The fourth-order valence-electron chi connectivity index (χ4n) is 1.38. The number of benzene rings is 1. The third-order valence-corrected chi connectivity index (χ3v) is 3.32. The van der Waals surface area contributed by atoms with Crippen LogP contribution in [-0.4, -0.2) is 11.1 Å². The molecule has 0 fully saturated rings. The van der Waals surface area contributed by atoms with Crippen LogP contribution < -0.4 is 0 Å². The number of hydrogen-bond donors (Lipinski definition) is 1. The summed E-state index contributed by atoms with van der Waals surface area (Å²) in [6.07, 6.45) is 0. The van der Waals surface area contributed by atoms with E-state index < -0.39 is 5.97 Å². The number of carbonyl (C=O) groups is 1. The third-order valence-electron chi connectivity index (χ3n) is 3.32. The van der Waals surface area contributed by atoms with Crippen molar-refractivity contribution in [3.8, 4) is 0 Å². The highest BCUT2D eigenvalue weighted by atomic mass is 16.4. The summed E-state index contributed by atoms with van der Waals surface area (Å²) in [4.78, 5) is 10.7. The fourth-order valence-corrected chi connectivity index (χ4v) is 1.38. The summed E-state index contributed by atoms with van der Waals surface area (Å²) in [5.74, 6) is -0.350. The molecule has 0 saturated carbocycles. The predicted octanol–water partition coefficient (Wildman–Crippen LogP) is 3.32. The van der Waals surface area contributed by atoms with E-state index in [1.165, 1.54) is 5.56 Å². The van der Waals surface area contributed by atoms with Gasteiger partial charge in [-0.15, -0.1) is 0 Å². The van der Waals surface area contributed by atoms with Gasteiger partial charge in [0.05, 0.1) is 5.56 Å². The molecule has 1 N–H and O–H groups in total. The summed E-state index contributed by atoms with van der Waals surface area (Å²) in [6.45, 7) is 8.69. The average molecular weight is 206 g/mol. The summed E-state index contributed by atoms with van der Waals surface area (Å²) < 4.78 is 0. The molecule has 82 valence electrons. The number of hydrogen-bond acceptors (Lipinski definition) is 1. The van der Waals surface area contributed by atoms with E-state index in [4.69, 9.17) is 5.11 Å². The van der Waals surface area contributed by atoms with E-state index in [2.05, 4.69) is 27.7 Å². The monoisotopic (exact) mass is 206 g/mol. The molecule has 1 rings (SSSR count). The zero-order valence-electron chi connectivity index (χ0n) is 9.74. The Morgan fingerprint density at radius 1 is 1.20 bits per heavy atom. The van der Waals surface area contributed by atoms with Crippen LogP contribution in [0.1, 0.15) is 43.6 Å². The van der Waals surface area contributed by atoms with Crippen LogP contribution in [0.3, 0.4) is 0 Å². The summed E-state index contributed by atoms with van der Waals surface area (Å²) in [5.41, 5.74) is 1.61. The maximum atomic E-state index is 10.7. The van der Waals surface area contributed by atoms with Crippen molar-refractivity contribution in [3.63, 3.8) is 0 Å². The molecule has 2 nitrogen and oxygen atoms in total. The van der Waals surface area contributed by atoms with Gasteiger partial charge in [0.2, 0.25) is 0 Å². The number of aromatic carboxylic acids is 1. The average Bonchev–Trinajstić information content (AvgIpc) is 2.17. The van der Waals surface area contributed by atoms with Crippen LogP contribution in [0.15, 0.2) is 24.3 Å². The van der Waals surface area contributed by atoms with Gasteiger partial charge in [-0.2, -0.15) is 0 Å². The van der Waals surface area contributed by atoms with E-state index in [9.17, 15) is 4.79 Å². The van der Waals surface area contributed by atoms with Gasteiger partial charge in [-0.25, -0.2) is 4.79 Å². The van der Waals surface area contributed by atoms with E-state index in [0.29, 0.717) is 11.5 Å². The zero-order valence-corrected chi connectivity index (χ0v) is 9.74. The first-order valence-corrected chi connectivity index (χ1v) is 5.19. The molecule has 0 unspecified atom stereocenters. The van der Waals surface area contributed by atoms with Crippen LogP contribution in [0.25, 0.3) is 0 Å². The summed E-state index contributed by atoms with van der Waals surface area (Å²) in [7, 11) is 0. The number of carboxylic acid groups (broad SMARTS) is 1.